The zero-order valence-electron chi connectivity index (χ0n) is 18.4. The summed E-state index contributed by atoms with van der Waals surface area (Å²) in [5.74, 6) is 0.310. The molecular weight excluding hydrogens is 437 g/mol. The molecule has 5 rings (SSSR count). The number of hydrogen-bond donors (Lipinski definition) is 1. The lowest BCUT2D eigenvalue weighted by Crippen LogP contribution is -2.66. The minimum atomic E-state index is -4.41. The molecule has 0 bridgehead atoms. The van der Waals surface area contributed by atoms with E-state index >= 15 is 0 Å². The Hall–Kier alpha value is -2.36. The molecule has 1 spiro atoms. The van der Waals surface area contributed by atoms with Gasteiger partial charge in [0.15, 0.2) is 0 Å². The first-order chi connectivity index (χ1) is 15.7. The number of hydrogen-bond acceptors (Lipinski definition) is 4. The van der Waals surface area contributed by atoms with Crippen molar-refractivity contribution in [3.05, 3.63) is 29.6 Å². The van der Waals surface area contributed by atoms with Crippen molar-refractivity contribution < 1.29 is 27.5 Å². The van der Waals surface area contributed by atoms with E-state index in [9.17, 15) is 22.8 Å². The number of pyridine rings is 1. The lowest BCUT2D eigenvalue weighted by atomic mass is 9.65. The fraction of sp³-hybridized carbons (Fsp3) is 0.696. The second kappa shape index (κ2) is 8.45. The van der Waals surface area contributed by atoms with Gasteiger partial charge in [-0.2, -0.15) is 13.2 Å². The summed E-state index contributed by atoms with van der Waals surface area (Å²) in [7, 11) is 0. The molecule has 180 valence electrons. The zero-order chi connectivity index (χ0) is 23.2. The minimum absolute atomic E-state index is 0.00961. The van der Waals surface area contributed by atoms with Crippen LogP contribution in [0, 0.1) is 11.3 Å². The van der Waals surface area contributed by atoms with Gasteiger partial charge < -0.3 is 19.9 Å². The number of amides is 3. The van der Waals surface area contributed by atoms with Gasteiger partial charge in [-0.05, 0) is 56.1 Å². The first-order valence-electron chi connectivity index (χ1n) is 11.7. The van der Waals surface area contributed by atoms with Crippen LogP contribution in [-0.4, -0.2) is 71.7 Å². The van der Waals surface area contributed by atoms with Gasteiger partial charge in [0.25, 0.3) is 0 Å². The number of piperidine rings is 1. The summed E-state index contributed by atoms with van der Waals surface area (Å²) in [5.41, 5.74) is 0.164. The quantitative estimate of drug-likeness (QED) is 0.728. The minimum Gasteiger partial charge on any atom is -0.366 e. The largest absolute Gasteiger partial charge is 0.433 e. The number of nitrogens with one attached hydrogen (secondary N) is 1. The van der Waals surface area contributed by atoms with Crippen LogP contribution in [0.3, 0.4) is 0 Å². The monoisotopic (exact) mass is 466 g/mol. The molecule has 3 aliphatic heterocycles. The van der Waals surface area contributed by atoms with Crippen molar-refractivity contribution in [3.63, 3.8) is 0 Å². The number of morpholine rings is 1. The zero-order valence-corrected chi connectivity index (χ0v) is 18.4. The van der Waals surface area contributed by atoms with Gasteiger partial charge in [0.05, 0.1) is 12.1 Å². The third kappa shape index (κ3) is 4.67. The van der Waals surface area contributed by atoms with Crippen LogP contribution in [0.4, 0.5) is 18.0 Å². The molecule has 3 saturated heterocycles. The lowest BCUT2D eigenvalue weighted by molar-refractivity contribution is -0.141. The standard InChI is InChI=1S/C23H29F3N4O3/c24-23(25,26)19-2-1-16(10-27-19)9-15-3-6-22(7-4-15)13-30(14-22)21(32)29-8-5-18-17(11-29)28-20(31)12-33-18/h1-2,10,15,17-18H,3-9,11-14H2,(H,28,31)/t17-,18+/m1/s1. The summed E-state index contributed by atoms with van der Waals surface area (Å²) in [6, 6.07) is 2.50. The van der Waals surface area contributed by atoms with Crippen LogP contribution in [0.2, 0.25) is 0 Å². The van der Waals surface area contributed by atoms with Gasteiger partial charge in [0.1, 0.15) is 12.3 Å². The van der Waals surface area contributed by atoms with Gasteiger partial charge in [-0.15, -0.1) is 0 Å². The Kier molecular flexibility index (Phi) is 5.74. The van der Waals surface area contributed by atoms with Crippen molar-refractivity contribution in [1.82, 2.24) is 20.1 Å². The SMILES string of the molecule is O=C1CO[C@H]2CCN(C(=O)N3CC4(CCC(Cc5ccc(C(F)(F)F)nc5)CC4)C3)C[C@H]2N1. The Morgan fingerprint density at radius 2 is 1.94 bits per heavy atom. The van der Waals surface area contributed by atoms with Gasteiger partial charge in [-0.25, -0.2) is 4.79 Å². The fourth-order valence-electron chi connectivity index (χ4n) is 5.83. The van der Waals surface area contributed by atoms with E-state index in [4.69, 9.17) is 4.74 Å². The average Bonchev–Trinajstić information content (AvgIpc) is 2.77. The van der Waals surface area contributed by atoms with Crippen molar-refractivity contribution in [2.45, 2.75) is 56.8 Å². The van der Waals surface area contributed by atoms with E-state index < -0.39 is 11.9 Å². The van der Waals surface area contributed by atoms with Crippen LogP contribution < -0.4 is 5.32 Å². The molecule has 1 aromatic rings. The highest BCUT2D eigenvalue weighted by molar-refractivity contribution is 5.79. The summed E-state index contributed by atoms with van der Waals surface area (Å²) in [5, 5.41) is 2.93. The number of fused-ring (bicyclic) bond motifs is 1. The number of urea groups is 1. The molecule has 0 radical (unpaired) electrons. The first-order valence-corrected chi connectivity index (χ1v) is 11.7. The number of nitrogens with zero attached hydrogens (tertiary/aromatic N) is 3. The molecule has 1 aromatic heterocycles. The Morgan fingerprint density at radius 3 is 2.61 bits per heavy atom. The summed E-state index contributed by atoms with van der Waals surface area (Å²) in [6.45, 7) is 2.74. The number of carbonyl (C=O) groups is 2. The third-order valence-corrected chi connectivity index (χ3v) is 7.72. The Labute approximate surface area is 190 Å². The van der Waals surface area contributed by atoms with E-state index in [1.807, 2.05) is 9.80 Å². The summed E-state index contributed by atoms with van der Waals surface area (Å²) in [4.78, 5) is 31.9. The van der Waals surface area contributed by atoms with Crippen molar-refractivity contribution >= 4 is 11.9 Å². The Morgan fingerprint density at radius 1 is 1.18 bits per heavy atom. The van der Waals surface area contributed by atoms with Gasteiger partial charge in [0.2, 0.25) is 5.91 Å². The highest BCUT2D eigenvalue weighted by Crippen LogP contribution is 2.46. The molecule has 1 N–H and O–H groups in total. The van der Waals surface area contributed by atoms with E-state index in [1.54, 1.807) is 0 Å². The number of carbonyl (C=O) groups excluding carboxylic acids is 2. The molecule has 0 unspecified atom stereocenters. The van der Waals surface area contributed by atoms with Crippen molar-refractivity contribution in [2.24, 2.45) is 11.3 Å². The maximum absolute atomic E-state index is 13.0. The number of rotatable bonds is 2. The number of halogens is 3. The molecule has 4 fully saturated rings. The summed E-state index contributed by atoms with van der Waals surface area (Å²) in [6.07, 6.45) is 2.50. The number of ether oxygens (including phenoxy) is 1. The molecule has 7 nitrogen and oxygen atoms in total. The molecule has 3 amide bonds. The third-order valence-electron chi connectivity index (χ3n) is 7.72. The van der Waals surface area contributed by atoms with E-state index in [0.29, 0.717) is 19.0 Å². The summed E-state index contributed by atoms with van der Waals surface area (Å²) >= 11 is 0. The van der Waals surface area contributed by atoms with Gasteiger partial charge in [-0.3, -0.25) is 9.78 Å². The van der Waals surface area contributed by atoms with Gasteiger partial charge >= 0.3 is 12.2 Å². The average molecular weight is 467 g/mol. The van der Waals surface area contributed by atoms with E-state index in [-0.39, 0.29) is 36.1 Å². The predicted octanol–water partition coefficient (Wildman–Crippen LogP) is 2.84. The molecule has 4 aliphatic rings. The van der Waals surface area contributed by atoms with Crippen LogP contribution in [-0.2, 0) is 22.1 Å². The van der Waals surface area contributed by atoms with Gasteiger partial charge in [0, 0.05) is 37.8 Å². The number of alkyl halides is 3. The highest BCUT2D eigenvalue weighted by Gasteiger charge is 2.48. The number of likely N-dealkylation sites (tertiary alicyclic amines) is 2. The van der Waals surface area contributed by atoms with Gasteiger partial charge in [-0.1, -0.05) is 6.07 Å². The molecular formula is C23H29F3N4O3. The molecule has 10 heteroatoms. The highest BCUT2D eigenvalue weighted by atomic mass is 19.4. The van der Waals surface area contributed by atoms with Crippen molar-refractivity contribution in [3.8, 4) is 0 Å². The van der Waals surface area contributed by atoms with Crippen LogP contribution in [0.5, 0.6) is 0 Å². The van der Waals surface area contributed by atoms with E-state index in [0.717, 1.165) is 63.2 Å². The smallest absolute Gasteiger partial charge is 0.366 e. The van der Waals surface area contributed by atoms with Crippen LogP contribution in [0.25, 0.3) is 0 Å². The Balaban J connectivity index is 1.08. The molecule has 0 aromatic carbocycles. The lowest BCUT2D eigenvalue weighted by Gasteiger charge is -2.55. The van der Waals surface area contributed by atoms with Crippen LogP contribution in [0.1, 0.15) is 43.4 Å². The maximum atomic E-state index is 13.0. The summed E-state index contributed by atoms with van der Waals surface area (Å²) < 4.78 is 43.6. The maximum Gasteiger partial charge on any atom is 0.433 e. The van der Waals surface area contributed by atoms with Crippen molar-refractivity contribution in [1.29, 1.82) is 0 Å². The normalized spacial score (nSPS) is 27.7. The molecule has 2 atom stereocenters. The number of aromatic nitrogens is 1. The molecule has 1 aliphatic carbocycles. The van der Waals surface area contributed by atoms with Crippen molar-refractivity contribution in [2.75, 3.05) is 32.8 Å². The molecule has 1 saturated carbocycles. The van der Waals surface area contributed by atoms with E-state index in [1.165, 1.54) is 12.3 Å². The molecule has 4 heterocycles. The Bertz CT molecular complexity index is 891. The second-order valence-electron chi connectivity index (χ2n) is 10.1. The topological polar surface area (TPSA) is 74.8 Å². The van der Waals surface area contributed by atoms with Crippen LogP contribution >= 0.6 is 0 Å². The van der Waals surface area contributed by atoms with E-state index in [2.05, 4.69) is 10.3 Å². The molecule has 33 heavy (non-hydrogen) atoms. The van der Waals surface area contributed by atoms with Crippen LogP contribution in [0.15, 0.2) is 18.3 Å². The first kappa shape index (κ1) is 22.4. The second-order valence-corrected chi connectivity index (χ2v) is 10.1. The predicted molar refractivity (Wildman–Crippen MR) is 112 cm³/mol. The fourth-order valence-corrected chi connectivity index (χ4v) is 5.83.